The number of allylic oxidation sites excluding steroid dienone is 2. The molecule has 1 aliphatic carbocycles. The van der Waals surface area contributed by atoms with Crippen LogP contribution in [0.15, 0.2) is 35.9 Å². The second kappa shape index (κ2) is 11.5. The summed E-state index contributed by atoms with van der Waals surface area (Å²) in [7, 11) is -0.788. The van der Waals surface area contributed by atoms with Gasteiger partial charge in [-0.3, -0.25) is 9.59 Å². The summed E-state index contributed by atoms with van der Waals surface area (Å²) >= 11 is 0. The molecule has 0 amide bonds. The third-order valence-electron chi connectivity index (χ3n) is 7.49. The molecule has 7 heteroatoms. The Morgan fingerprint density at radius 3 is 2.47 bits per heavy atom. The van der Waals surface area contributed by atoms with Gasteiger partial charge in [0.05, 0.1) is 13.2 Å². The van der Waals surface area contributed by atoms with Crippen molar-refractivity contribution in [1.82, 2.24) is 0 Å². The highest BCUT2D eigenvalue weighted by Crippen LogP contribution is 2.48. The number of hydrogen-bond donors (Lipinski definition) is 1. The normalized spacial score (nSPS) is 19.5. The lowest BCUT2D eigenvalue weighted by molar-refractivity contribution is -0.143. The molecule has 2 unspecified atom stereocenters. The summed E-state index contributed by atoms with van der Waals surface area (Å²) in [5.74, 6) is -1.25. The second-order valence-electron chi connectivity index (χ2n) is 12.1. The van der Waals surface area contributed by atoms with E-state index in [0.717, 1.165) is 23.1 Å². The number of aliphatic hydroxyl groups excluding tert-OH is 1. The van der Waals surface area contributed by atoms with Crippen LogP contribution in [-0.2, 0) is 18.8 Å². The van der Waals surface area contributed by atoms with Gasteiger partial charge in [0.25, 0.3) is 0 Å². The quantitative estimate of drug-likeness (QED) is 0.228. The van der Waals surface area contributed by atoms with Crippen LogP contribution in [0.1, 0.15) is 71.4 Å². The molecule has 1 N–H and O–H groups in total. The van der Waals surface area contributed by atoms with Crippen molar-refractivity contribution < 1.29 is 28.2 Å². The fourth-order valence-corrected chi connectivity index (χ4v) is 5.77. The van der Waals surface area contributed by atoms with E-state index >= 15 is 0 Å². The number of methoxy groups -OCH3 is 1. The van der Waals surface area contributed by atoms with E-state index in [4.69, 9.17) is 4.43 Å². The molecule has 2 atom stereocenters. The molecule has 2 rings (SSSR count). The maximum absolute atomic E-state index is 14.1. The van der Waals surface area contributed by atoms with E-state index in [0.29, 0.717) is 12.0 Å². The molecule has 36 heavy (non-hydrogen) atoms. The number of ether oxygens (including phenoxy) is 1. The average Bonchev–Trinajstić information content (AvgIpc) is 2.72. The molecule has 5 nitrogen and oxygen atoms in total. The van der Waals surface area contributed by atoms with Crippen LogP contribution in [0.3, 0.4) is 0 Å². The van der Waals surface area contributed by atoms with Gasteiger partial charge in [0.2, 0.25) is 0 Å². The molecule has 1 aliphatic rings. The number of carbonyl (C=O) groups excluding carboxylic acids is 2. The Labute approximate surface area is 216 Å². The minimum absolute atomic E-state index is 0.0185. The van der Waals surface area contributed by atoms with Crippen LogP contribution in [0.2, 0.25) is 18.1 Å². The highest BCUT2D eigenvalue weighted by molar-refractivity contribution is 6.74. The molecule has 0 aliphatic heterocycles. The first kappa shape index (κ1) is 30.1. The van der Waals surface area contributed by atoms with Gasteiger partial charge in [0, 0.05) is 12.5 Å². The molecule has 0 saturated heterocycles. The van der Waals surface area contributed by atoms with Crippen molar-refractivity contribution in [2.75, 3.05) is 7.11 Å². The summed E-state index contributed by atoms with van der Waals surface area (Å²) in [6, 6.07) is 5.15. The molecule has 0 spiro atoms. The minimum Gasteiger partial charge on any atom is -0.469 e. The number of halogens is 1. The largest absolute Gasteiger partial charge is 0.469 e. The van der Waals surface area contributed by atoms with Crippen molar-refractivity contribution >= 4 is 25.6 Å². The summed E-state index contributed by atoms with van der Waals surface area (Å²) in [5, 5.41) is 10.6. The first-order valence-corrected chi connectivity index (χ1v) is 15.5. The molecule has 0 aromatic heterocycles. The number of rotatable bonds is 9. The lowest BCUT2D eigenvalue weighted by atomic mass is 9.69. The molecule has 1 aromatic carbocycles. The number of aliphatic hydroxyl groups is 1. The van der Waals surface area contributed by atoms with E-state index in [2.05, 4.69) is 52.4 Å². The number of aryl methyl sites for hydroxylation is 1. The fraction of sp³-hybridized carbons (Fsp3) is 0.586. The van der Waals surface area contributed by atoms with Crippen molar-refractivity contribution in [2.45, 2.75) is 97.6 Å². The van der Waals surface area contributed by atoms with Crippen LogP contribution in [0.4, 0.5) is 4.39 Å². The monoisotopic (exact) mass is 518 g/mol. The van der Waals surface area contributed by atoms with Crippen LogP contribution >= 0.6 is 0 Å². The van der Waals surface area contributed by atoms with Crippen LogP contribution in [-0.4, -0.2) is 44.5 Å². The zero-order valence-corrected chi connectivity index (χ0v) is 24.3. The predicted molar refractivity (Wildman–Crippen MR) is 145 cm³/mol. The fourth-order valence-electron chi connectivity index (χ4n) is 4.42. The number of Topliss-reactive ketones (excluding diaryl/α,β-unsaturated/α-hetero) is 1. The van der Waals surface area contributed by atoms with Gasteiger partial charge in [0.15, 0.2) is 8.32 Å². The molecule has 1 aromatic rings. The van der Waals surface area contributed by atoms with Crippen LogP contribution in [0, 0.1) is 18.2 Å². The summed E-state index contributed by atoms with van der Waals surface area (Å²) in [6.45, 7) is 17.2. The van der Waals surface area contributed by atoms with E-state index in [1.807, 2.05) is 12.1 Å². The van der Waals surface area contributed by atoms with E-state index < -0.39 is 20.4 Å². The third-order valence-corrected chi connectivity index (χ3v) is 12.0. The van der Waals surface area contributed by atoms with Gasteiger partial charge in [-0.2, -0.15) is 0 Å². The lowest BCUT2D eigenvalue weighted by Crippen LogP contribution is -2.46. The van der Waals surface area contributed by atoms with Gasteiger partial charge >= 0.3 is 5.97 Å². The lowest BCUT2D eigenvalue weighted by Gasteiger charge is -2.45. The summed E-state index contributed by atoms with van der Waals surface area (Å²) in [6.07, 6.45) is 3.44. The summed E-state index contributed by atoms with van der Waals surface area (Å²) in [5.41, 5.74) is 3.31. The summed E-state index contributed by atoms with van der Waals surface area (Å²) < 4.78 is 25.4. The van der Waals surface area contributed by atoms with E-state index in [9.17, 15) is 19.1 Å². The smallest absolute Gasteiger partial charge is 0.313 e. The maximum atomic E-state index is 14.1. The molecule has 0 fully saturated rings. The van der Waals surface area contributed by atoms with Crippen molar-refractivity contribution in [3.05, 3.63) is 52.9 Å². The van der Waals surface area contributed by atoms with Crippen LogP contribution in [0.25, 0.3) is 5.57 Å². The Balaban J connectivity index is 2.45. The van der Waals surface area contributed by atoms with Crippen LogP contribution in [0.5, 0.6) is 0 Å². The van der Waals surface area contributed by atoms with Crippen molar-refractivity contribution in [2.24, 2.45) is 5.41 Å². The predicted octanol–water partition coefficient (Wildman–Crippen LogP) is 6.54. The van der Waals surface area contributed by atoms with Gasteiger partial charge in [-0.15, -0.1) is 0 Å². The average molecular weight is 519 g/mol. The van der Waals surface area contributed by atoms with Crippen molar-refractivity contribution in [3.63, 3.8) is 0 Å². The van der Waals surface area contributed by atoms with Gasteiger partial charge in [-0.1, -0.05) is 52.8 Å². The SMILES string of the molecule is COC(=O)CC(=O)CC(O)/C=C/C1=C(c2ccc(F)c(C)c2)CC(O[Si](C)(C)C(C)(C)C)CC1(C)C. The molecule has 0 saturated carbocycles. The zero-order valence-electron chi connectivity index (χ0n) is 23.3. The van der Waals surface area contributed by atoms with Crippen molar-refractivity contribution in [1.29, 1.82) is 0 Å². The van der Waals surface area contributed by atoms with E-state index in [1.54, 1.807) is 19.1 Å². The van der Waals surface area contributed by atoms with Gasteiger partial charge < -0.3 is 14.3 Å². The van der Waals surface area contributed by atoms with Crippen molar-refractivity contribution in [3.8, 4) is 0 Å². The molecule has 0 heterocycles. The Hall–Kier alpha value is -2.09. The topological polar surface area (TPSA) is 72.8 Å². The Morgan fingerprint density at radius 2 is 1.92 bits per heavy atom. The first-order valence-electron chi connectivity index (χ1n) is 12.6. The molecular formula is C29H43FO5Si. The Kier molecular flexibility index (Phi) is 9.65. The van der Waals surface area contributed by atoms with Crippen LogP contribution < -0.4 is 0 Å². The highest BCUT2D eigenvalue weighted by Gasteiger charge is 2.42. The number of ketones is 1. The highest BCUT2D eigenvalue weighted by atomic mass is 28.4. The number of benzene rings is 1. The Bertz CT molecular complexity index is 1030. The maximum Gasteiger partial charge on any atom is 0.313 e. The van der Waals surface area contributed by atoms with E-state index in [-0.39, 0.29) is 41.0 Å². The molecule has 0 bridgehead atoms. The second-order valence-corrected chi connectivity index (χ2v) is 16.8. The third kappa shape index (κ3) is 7.70. The number of hydrogen-bond acceptors (Lipinski definition) is 5. The van der Waals surface area contributed by atoms with Gasteiger partial charge in [-0.05, 0) is 77.7 Å². The minimum atomic E-state index is -2.01. The standard InChI is InChI=1S/C29H43FO5Si/c1-19-14-20(10-13-26(19)30)24-17-23(35-36(8,9)28(2,3)4)18-29(5,6)25(24)12-11-21(31)15-22(32)16-27(33)34-7/h10-14,21,23,31H,15-18H2,1-9H3/b12-11+. The molecular weight excluding hydrogens is 475 g/mol. The number of carbonyl (C=O) groups is 2. The number of esters is 1. The van der Waals surface area contributed by atoms with E-state index in [1.165, 1.54) is 13.2 Å². The first-order chi connectivity index (χ1) is 16.5. The summed E-state index contributed by atoms with van der Waals surface area (Å²) in [4.78, 5) is 23.4. The molecule has 0 radical (unpaired) electrons. The Morgan fingerprint density at radius 1 is 1.28 bits per heavy atom. The van der Waals surface area contributed by atoms with Gasteiger partial charge in [-0.25, -0.2) is 4.39 Å². The zero-order chi connectivity index (χ0) is 27.5. The van der Waals surface area contributed by atoms with Gasteiger partial charge in [0.1, 0.15) is 18.0 Å². The molecule has 200 valence electrons.